The molecule has 0 amide bonds. The Hall–Kier alpha value is -2.41. The Labute approximate surface area is 113 Å². The van der Waals surface area contributed by atoms with Crippen LogP contribution in [0.5, 0.6) is 0 Å². The van der Waals surface area contributed by atoms with E-state index in [1.807, 2.05) is 12.3 Å². The van der Waals surface area contributed by atoms with Crippen molar-refractivity contribution in [3.8, 4) is 11.1 Å². The Bertz CT molecular complexity index is 645. The van der Waals surface area contributed by atoms with Crippen LogP contribution in [-0.4, -0.2) is 4.98 Å². The molecular weight excluding hydrogens is 230 g/mol. The van der Waals surface area contributed by atoms with E-state index < -0.39 is 0 Å². The highest BCUT2D eigenvalue weighted by molar-refractivity contribution is 5.63. The molecule has 92 valence electrons. The lowest BCUT2D eigenvalue weighted by Gasteiger charge is -2.05. The second-order valence-electron chi connectivity index (χ2n) is 4.60. The molecule has 0 atom stereocenters. The highest BCUT2D eigenvalue weighted by Gasteiger charge is 2.00. The molecule has 0 N–H and O–H groups in total. The summed E-state index contributed by atoms with van der Waals surface area (Å²) < 4.78 is 0. The van der Waals surface area contributed by atoms with Crippen molar-refractivity contribution in [2.75, 3.05) is 0 Å². The number of hydrogen-bond acceptors (Lipinski definition) is 1. The van der Waals surface area contributed by atoms with Gasteiger partial charge < -0.3 is 0 Å². The maximum Gasteiger partial charge on any atom is 0.0346 e. The van der Waals surface area contributed by atoms with E-state index in [-0.39, 0.29) is 0 Å². The van der Waals surface area contributed by atoms with Gasteiger partial charge in [0.25, 0.3) is 0 Å². The number of benzene rings is 2. The fourth-order valence-electron chi connectivity index (χ4n) is 2.23. The van der Waals surface area contributed by atoms with Crippen LogP contribution < -0.4 is 0 Å². The Kier molecular flexibility index (Phi) is 3.37. The predicted octanol–water partition coefficient (Wildman–Crippen LogP) is 4.34. The third-order valence-corrected chi connectivity index (χ3v) is 3.17. The van der Waals surface area contributed by atoms with Gasteiger partial charge in [0.2, 0.25) is 0 Å². The summed E-state index contributed by atoms with van der Waals surface area (Å²) in [7, 11) is 0. The SMILES string of the molecule is c1ccc(Cc2cccc(-c3cccnc3)c2)cc1. The van der Waals surface area contributed by atoms with E-state index in [9.17, 15) is 0 Å². The van der Waals surface area contributed by atoms with Crippen molar-refractivity contribution in [3.63, 3.8) is 0 Å². The average Bonchev–Trinajstić information content (AvgIpc) is 2.49. The van der Waals surface area contributed by atoms with E-state index in [4.69, 9.17) is 0 Å². The molecule has 19 heavy (non-hydrogen) atoms. The second-order valence-corrected chi connectivity index (χ2v) is 4.60. The van der Waals surface area contributed by atoms with E-state index in [0.717, 1.165) is 12.0 Å². The number of pyridine rings is 1. The summed E-state index contributed by atoms with van der Waals surface area (Å²) in [5.74, 6) is 0. The Morgan fingerprint density at radius 3 is 2.26 bits per heavy atom. The zero-order valence-electron chi connectivity index (χ0n) is 10.7. The van der Waals surface area contributed by atoms with Crippen LogP contribution in [-0.2, 0) is 6.42 Å². The van der Waals surface area contributed by atoms with Gasteiger partial charge in [-0.1, -0.05) is 60.7 Å². The van der Waals surface area contributed by atoms with Gasteiger partial charge in [-0.25, -0.2) is 0 Å². The monoisotopic (exact) mass is 245 g/mol. The normalized spacial score (nSPS) is 10.3. The van der Waals surface area contributed by atoms with Crippen molar-refractivity contribution >= 4 is 0 Å². The van der Waals surface area contributed by atoms with E-state index in [1.165, 1.54) is 16.7 Å². The lowest BCUT2D eigenvalue weighted by atomic mass is 10.0. The molecule has 1 heterocycles. The van der Waals surface area contributed by atoms with Crippen LogP contribution in [0.15, 0.2) is 79.1 Å². The number of hydrogen-bond donors (Lipinski definition) is 0. The Balaban J connectivity index is 1.89. The van der Waals surface area contributed by atoms with Crippen LogP contribution in [0.2, 0.25) is 0 Å². The molecule has 0 saturated carbocycles. The lowest BCUT2D eigenvalue weighted by Crippen LogP contribution is -1.88. The molecule has 0 aliphatic rings. The first kappa shape index (κ1) is 11.7. The molecule has 1 aromatic heterocycles. The lowest BCUT2D eigenvalue weighted by molar-refractivity contribution is 1.19. The molecule has 3 aromatic rings. The first-order chi connectivity index (χ1) is 9.42. The third-order valence-electron chi connectivity index (χ3n) is 3.17. The summed E-state index contributed by atoms with van der Waals surface area (Å²) >= 11 is 0. The van der Waals surface area contributed by atoms with Crippen molar-refractivity contribution in [1.82, 2.24) is 4.98 Å². The first-order valence-corrected chi connectivity index (χ1v) is 6.45. The second kappa shape index (κ2) is 5.49. The van der Waals surface area contributed by atoms with Crippen LogP contribution in [0.3, 0.4) is 0 Å². The predicted molar refractivity (Wildman–Crippen MR) is 78.9 cm³/mol. The number of nitrogens with zero attached hydrogens (tertiary/aromatic N) is 1. The van der Waals surface area contributed by atoms with Crippen LogP contribution in [0.25, 0.3) is 11.1 Å². The van der Waals surface area contributed by atoms with Gasteiger partial charge in [-0.2, -0.15) is 0 Å². The van der Waals surface area contributed by atoms with E-state index in [2.05, 4.69) is 65.6 Å². The van der Waals surface area contributed by atoms with Gasteiger partial charge in [-0.05, 0) is 34.7 Å². The smallest absolute Gasteiger partial charge is 0.0346 e. The first-order valence-electron chi connectivity index (χ1n) is 6.45. The Morgan fingerprint density at radius 2 is 1.47 bits per heavy atom. The van der Waals surface area contributed by atoms with Gasteiger partial charge in [-0.15, -0.1) is 0 Å². The van der Waals surface area contributed by atoms with Crippen LogP contribution in [0, 0.1) is 0 Å². The minimum atomic E-state index is 0.967. The minimum Gasteiger partial charge on any atom is -0.264 e. The highest BCUT2D eigenvalue weighted by atomic mass is 14.6. The topological polar surface area (TPSA) is 12.9 Å². The molecule has 2 aromatic carbocycles. The molecular formula is C18H15N. The summed E-state index contributed by atoms with van der Waals surface area (Å²) in [5.41, 5.74) is 5.05. The van der Waals surface area contributed by atoms with Crippen molar-refractivity contribution < 1.29 is 0 Å². The minimum absolute atomic E-state index is 0.967. The molecule has 0 radical (unpaired) electrons. The third kappa shape index (κ3) is 2.89. The molecule has 0 fully saturated rings. The van der Waals surface area contributed by atoms with Crippen LogP contribution in [0.4, 0.5) is 0 Å². The van der Waals surface area contributed by atoms with Gasteiger partial charge in [-0.3, -0.25) is 4.98 Å². The van der Waals surface area contributed by atoms with E-state index in [1.54, 1.807) is 6.20 Å². The molecule has 1 heteroatoms. The van der Waals surface area contributed by atoms with E-state index in [0.29, 0.717) is 0 Å². The molecule has 0 spiro atoms. The maximum absolute atomic E-state index is 4.17. The van der Waals surface area contributed by atoms with Crippen LogP contribution in [0.1, 0.15) is 11.1 Å². The summed E-state index contributed by atoms with van der Waals surface area (Å²) in [6.07, 6.45) is 4.67. The van der Waals surface area contributed by atoms with Crippen LogP contribution >= 0.6 is 0 Å². The van der Waals surface area contributed by atoms with Crippen molar-refractivity contribution in [2.45, 2.75) is 6.42 Å². The summed E-state index contributed by atoms with van der Waals surface area (Å²) in [6, 6.07) is 23.3. The quantitative estimate of drug-likeness (QED) is 0.669. The fraction of sp³-hybridized carbons (Fsp3) is 0.0556. The zero-order chi connectivity index (χ0) is 12.9. The van der Waals surface area contributed by atoms with Gasteiger partial charge in [0, 0.05) is 12.4 Å². The molecule has 0 aliphatic carbocycles. The van der Waals surface area contributed by atoms with E-state index >= 15 is 0 Å². The van der Waals surface area contributed by atoms with Gasteiger partial charge >= 0.3 is 0 Å². The average molecular weight is 245 g/mol. The molecule has 0 bridgehead atoms. The van der Waals surface area contributed by atoms with Gasteiger partial charge in [0.1, 0.15) is 0 Å². The summed E-state index contributed by atoms with van der Waals surface area (Å²) in [5, 5.41) is 0. The van der Waals surface area contributed by atoms with Crippen molar-refractivity contribution in [1.29, 1.82) is 0 Å². The molecule has 0 aliphatic heterocycles. The molecule has 3 rings (SSSR count). The van der Waals surface area contributed by atoms with Gasteiger partial charge in [0.15, 0.2) is 0 Å². The summed E-state index contributed by atoms with van der Waals surface area (Å²) in [6.45, 7) is 0. The fourth-order valence-corrected chi connectivity index (χ4v) is 2.23. The molecule has 0 unspecified atom stereocenters. The number of aromatic nitrogens is 1. The van der Waals surface area contributed by atoms with Gasteiger partial charge in [0.05, 0.1) is 0 Å². The Morgan fingerprint density at radius 1 is 0.684 bits per heavy atom. The van der Waals surface area contributed by atoms with Crippen molar-refractivity contribution in [2.24, 2.45) is 0 Å². The van der Waals surface area contributed by atoms with Crippen molar-refractivity contribution in [3.05, 3.63) is 90.3 Å². The number of rotatable bonds is 3. The molecule has 1 nitrogen and oxygen atoms in total. The highest BCUT2D eigenvalue weighted by Crippen LogP contribution is 2.20. The largest absolute Gasteiger partial charge is 0.264 e. The zero-order valence-corrected chi connectivity index (χ0v) is 10.7. The summed E-state index contributed by atoms with van der Waals surface area (Å²) in [4.78, 5) is 4.17. The standard InChI is InChI=1S/C18H15N/c1-2-6-15(7-3-1)12-16-8-4-9-17(13-16)18-10-5-11-19-14-18/h1-11,13-14H,12H2. The maximum atomic E-state index is 4.17. The molecule has 0 saturated heterocycles.